The van der Waals surface area contributed by atoms with Crippen molar-refractivity contribution in [2.75, 3.05) is 6.61 Å². The Labute approximate surface area is 153 Å². The standard InChI is InChI=1S/C20H27NO3S/c1-3-5-6-7-8-16-9-10-19(25-16)18(22)14-15-11-12-21-17(13-15)20(23)24-4-2/h9-13,18,22H,3-8,14H2,1-2H3. The summed E-state index contributed by atoms with van der Waals surface area (Å²) in [6.07, 6.45) is 7.57. The van der Waals surface area contributed by atoms with E-state index in [0.29, 0.717) is 13.0 Å². The van der Waals surface area contributed by atoms with Crippen molar-refractivity contribution in [2.24, 2.45) is 0 Å². The number of hydrogen-bond acceptors (Lipinski definition) is 5. The molecule has 5 heteroatoms. The van der Waals surface area contributed by atoms with Crippen molar-refractivity contribution in [3.05, 3.63) is 51.5 Å². The number of esters is 1. The summed E-state index contributed by atoms with van der Waals surface area (Å²) >= 11 is 1.68. The maximum absolute atomic E-state index is 11.8. The molecule has 1 unspecified atom stereocenters. The van der Waals surface area contributed by atoms with Gasteiger partial charge in [0.1, 0.15) is 5.69 Å². The second kappa shape index (κ2) is 10.3. The van der Waals surface area contributed by atoms with Crippen LogP contribution in [0.1, 0.15) is 71.4 Å². The lowest BCUT2D eigenvalue weighted by atomic mass is 10.1. The minimum atomic E-state index is -0.563. The Morgan fingerprint density at radius 3 is 2.84 bits per heavy atom. The van der Waals surface area contributed by atoms with E-state index in [1.54, 1.807) is 30.5 Å². The molecule has 2 rings (SSSR count). The summed E-state index contributed by atoms with van der Waals surface area (Å²) in [6.45, 7) is 4.30. The van der Waals surface area contributed by atoms with Crippen molar-refractivity contribution >= 4 is 17.3 Å². The van der Waals surface area contributed by atoms with Crippen LogP contribution in [0, 0.1) is 0 Å². The quantitative estimate of drug-likeness (QED) is 0.491. The maximum atomic E-state index is 11.8. The molecule has 0 amide bonds. The van der Waals surface area contributed by atoms with Gasteiger partial charge in [-0.05, 0) is 49.6 Å². The van der Waals surface area contributed by atoms with E-state index in [0.717, 1.165) is 16.9 Å². The van der Waals surface area contributed by atoms with Crippen LogP contribution >= 0.6 is 11.3 Å². The molecule has 0 fully saturated rings. The fourth-order valence-corrected chi connectivity index (χ4v) is 3.72. The minimum absolute atomic E-state index is 0.286. The van der Waals surface area contributed by atoms with Crippen molar-refractivity contribution in [3.8, 4) is 0 Å². The molecular formula is C20H27NO3S. The van der Waals surface area contributed by atoms with E-state index in [4.69, 9.17) is 4.74 Å². The Hall–Kier alpha value is -1.72. The summed E-state index contributed by atoms with van der Waals surface area (Å²) in [6, 6.07) is 7.65. The Kier molecular flexibility index (Phi) is 8.09. The highest BCUT2D eigenvalue weighted by Gasteiger charge is 2.14. The van der Waals surface area contributed by atoms with Crippen LogP contribution in [0.15, 0.2) is 30.5 Å². The number of nitrogens with zero attached hydrogens (tertiary/aromatic N) is 1. The number of thiophene rings is 1. The fraction of sp³-hybridized carbons (Fsp3) is 0.500. The molecule has 25 heavy (non-hydrogen) atoms. The van der Waals surface area contributed by atoms with Gasteiger partial charge in [-0.1, -0.05) is 26.2 Å². The molecule has 0 spiro atoms. The van der Waals surface area contributed by atoms with Crippen LogP contribution in [0.3, 0.4) is 0 Å². The third-order valence-corrected chi connectivity index (χ3v) is 5.27. The van der Waals surface area contributed by atoms with Gasteiger partial charge in [0.25, 0.3) is 0 Å². The first-order valence-electron chi connectivity index (χ1n) is 9.02. The minimum Gasteiger partial charge on any atom is -0.461 e. The SMILES string of the molecule is CCCCCCc1ccc(C(O)Cc2ccnc(C(=O)OCC)c2)s1. The van der Waals surface area contributed by atoms with Crippen molar-refractivity contribution < 1.29 is 14.6 Å². The molecule has 1 N–H and O–H groups in total. The number of aryl methyl sites for hydroxylation is 1. The number of carbonyl (C=O) groups excluding carboxylic acids is 1. The van der Waals surface area contributed by atoms with Gasteiger partial charge < -0.3 is 9.84 Å². The molecule has 0 saturated carbocycles. The number of unbranched alkanes of at least 4 members (excludes halogenated alkanes) is 3. The third kappa shape index (κ3) is 6.25. The van der Waals surface area contributed by atoms with Gasteiger partial charge in [0, 0.05) is 22.4 Å². The molecule has 2 heterocycles. The molecule has 0 radical (unpaired) electrons. The van der Waals surface area contributed by atoms with Gasteiger partial charge in [-0.2, -0.15) is 0 Å². The Morgan fingerprint density at radius 2 is 2.08 bits per heavy atom. The molecule has 136 valence electrons. The van der Waals surface area contributed by atoms with Gasteiger partial charge in [-0.3, -0.25) is 0 Å². The smallest absolute Gasteiger partial charge is 0.356 e. The number of aliphatic hydroxyl groups is 1. The van der Waals surface area contributed by atoms with Crippen molar-refractivity contribution in [1.29, 1.82) is 0 Å². The third-order valence-electron chi connectivity index (χ3n) is 4.03. The van der Waals surface area contributed by atoms with Crippen LogP contribution < -0.4 is 0 Å². The number of hydrogen-bond donors (Lipinski definition) is 1. The number of rotatable bonds is 10. The number of aliphatic hydroxyl groups excluding tert-OH is 1. The highest BCUT2D eigenvalue weighted by Crippen LogP contribution is 2.27. The second-order valence-corrected chi connectivity index (χ2v) is 7.30. The zero-order valence-corrected chi connectivity index (χ0v) is 15.8. The maximum Gasteiger partial charge on any atom is 0.356 e. The Bertz CT molecular complexity index is 668. The summed E-state index contributed by atoms with van der Waals surface area (Å²) < 4.78 is 4.97. The van der Waals surface area contributed by atoms with E-state index in [1.165, 1.54) is 30.6 Å². The largest absolute Gasteiger partial charge is 0.461 e. The summed E-state index contributed by atoms with van der Waals surface area (Å²) in [5.41, 5.74) is 1.16. The van der Waals surface area contributed by atoms with Gasteiger partial charge in [0.15, 0.2) is 0 Å². The molecule has 0 saturated heterocycles. The number of ether oxygens (including phenoxy) is 1. The van der Waals surface area contributed by atoms with Gasteiger partial charge in [0.05, 0.1) is 12.7 Å². The van der Waals surface area contributed by atoms with Crippen molar-refractivity contribution in [1.82, 2.24) is 4.98 Å². The van der Waals surface area contributed by atoms with E-state index in [9.17, 15) is 9.90 Å². The molecule has 0 aliphatic carbocycles. The molecule has 0 aliphatic rings. The summed E-state index contributed by atoms with van der Waals surface area (Å²) in [5.74, 6) is -0.427. The van der Waals surface area contributed by atoms with E-state index < -0.39 is 12.1 Å². The van der Waals surface area contributed by atoms with E-state index in [1.807, 2.05) is 12.1 Å². The highest BCUT2D eigenvalue weighted by molar-refractivity contribution is 7.12. The molecule has 2 aromatic rings. The molecular weight excluding hydrogens is 334 g/mol. The molecule has 0 aromatic carbocycles. The predicted molar refractivity (Wildman–Crippen MR) is 101 cm³/mol. The predicted octanol–water partition coefficient (Wildman–Crippen LogP) is 4.72. The first-order valence-corrected chi connectivity index (χ1v) is 9.84. The van der Waals surface area contributed by atoms with Crippen LogP contribution in [0.4, 0.5) is 0 Å². The van der Waals surface area contributed by atoms with Gasteiger partial charge in [-0.15, -0.1) is 11.3 Å². The monoisotopic (exact) mass is 361 g/mol. The van der Waals surface area contributed by atoms with Gasteiger partial charge >= 0.3 is 5.97 Å². The lowest BCUT2D eigenvalue weighted by molar-refractivity contribution is 0.0519. The average Bonchev–Trinajstić information content (AvgIpc) is 3.08. The fourth-order valence-electron chi connectivity index (χ4n) is 2.68. The van der Waals surface area contributed by atoms with E-state index in [-0.39, 0.29) is 5.69 Å². The number of carbonyl (C=O) groups is 1. The summed E-state index contributed by atoms with van der Waals surface area (Å²) in [7, 11) is 0. The van der Waals surface area contributed by atoms with Gasteiger partial charge in [-0.25, -0.2) is 9.78 Å². The lowest BCUT2D eigenvalue weighted by Crippen LogP contribution is -2.08. The number of pyridine rings is 1. The average molecular weight is 362 g/mol. The molecule has 1 atom stereocenters. The van der Waals surface area contributed by atoms with Crippen LogP contribution in [-0.2, 0) is 17.6 Å². The zero-order valence-electron chi connectivity index (χ0n) is 15.0. The van der Waals surface area contributed by atoms with Crippen LogP contribution in [-0.4, -0.2) is 22.7 Å². The van der Waals surface area contributed by atoms with Crippen molar-refractivity contribution in [3.63, 3.8) is 0 Å². The summed E-state index contributed by atoms with van der Waals surface area (Å²) in [4.78, 5) is 18.1. The van der Waals surface area contributed by atoms with E-state index in [2.05, 4.69) is 18.0 Å². The molecule has 4 nitrogen and oxygen atoms in total. The number of aromatic nitrogens is 1. The summed E-state index contributed by atoms with van der Waals surface area (Å²) in [5, 5.41) is 10.5. The Morgan fingerprint density at radius 1 is 1.24 bits per heavy atom. The van der Waals surface area contributed by atoms with Crippen molar-refractivity contribution in [2.45, 2.75) is 58.5 Å². The second-order valence-electron chi connectivity index (χ2n) is 6.10. The van der Waals surface area contributed by atoms with Gasteiger partial charge in [0.2, 0.25) is 0 Å². The normalized spacial score (nSPS) is 12.1. The first kappa shape index (κ1) is 19.6. The van der Waals surface area contributed by atoms with Crippen LogP contribution in [0.25, 0.3) is 0 Å². The van der Waals surface area contributed by atoms with Crippen LogP contribution in [0.2, 0.25) is 0 Å². The first-order chi connectivity index (χ1) is 12.1. The highest BCUT2D eigenvalue weighted by atomic mass is 32.1. The van der Waals surface area contributed by atoms with E-state index >= 15 is 0 Å². The molecule has 2 aromatic heterocycles. The van der Waals surface area contributed by atoms with Crippen LogP contribution in [0.5, 0.6) is 0 Å². The zero-order chi connectivity index (χ0) is 18.1. The molecule has 0 bridgehead atoms. The lowest BCUT2D eigenvalue weighted by Gasteiger charge is -2.09. The Balaban J connectivity index is 1.93. The molecule has 0 aliphatic heterocycles. The topological polar surface area (TPSA) is 59.4 Å².